The zero-order valence-electron chi connectivity index (χ0n) is 18.8. The summed E-state index contributed by atoms with van der Waals surface area (Å²) < 4.78 is 11.2. The van der Waals surface area contributed by atoms with Crippen LogP contribution >= 0.6 is 46.6 Å². The summed E-state index contributed by atoms with van der Waals surface area (Å²) in [5.74, 6) is -0.828. The average Bonchev–Trinajstić information content (AvgIpc) is 3.10. The molecule has 1 aliphatic rings. The van der Waals surface area contributed by atoms with Crippen molar-refractivity contribution in [1.82, 2.24) is 4.90 Å². The van der Waals surface area contributed by atoms with Gasteiger partial charge < -0.3 is 9.47 Å². The van der Waals surface area contributed by atoms with E-state index in [9.17, 15) is 14.4 Å². The van der Waals surface area contributed by atoms with E-state index in [0.717, 1.165) is 22.2 Å². The van der Waals surface area contributed by atoms with E-state index in [2.05, 4.69) is 0 Å². The molecule has 1 heterocycles. The molecule has 0 aliphatic carbocycles. The van der Waals surface area contributed by atoms with Gasteiger partial charge in [0.2, 0.25) is 0 Å². The van der Waals surface area contributed by atoms with Gasteiger partial charge in [-0.05, 0) is 78.4 Å². The Labute approximate surface area is 226 Å². The van der Waals surface area contributed by atoms with Crippen LogP contribution in [0.2, 0.25) is 15.1 Å². The van der Waals surface area contributed by atoms with Gasteiger partial charge in [-0.25, -0.2) is 4.79 Å². The van der Waals surface area contributed by atoms with Crippen molar-refractivity contribution in [1.29, 1.82) is 0 Å². The van der Waals surface area contributed by atoms with Crippen LogP contribution in [-0.2, 0) is 11.3 Å². The fourth-order valence-electron chi connectivity index (χ4n) is 3.36. The third kappa shape index (κ3) is 6.05. The topological polar surface area (TPSA) is 72.9 Å². The highest BCUT2D eigenvalue weighted by atomic mass is 35.5. The summed E-state index contributed by atoms with van der Waals surface area (Å²) in [4.78, 5) is 39.4. The number of imide groups is 1. The third-order valence-electron chi connectivity index (χ3n) is 5.01. The van der Waals surface area contributed by atoms with Crippen molar-refractivity contribution in [2.24, 2.45) is 0 Å². The number of nitrogens with zero attached hydrogens (tertiary/aromatic N) is 1. The van der Waals surface area contributed by atoms with Crippen LogP contribution in [-0.4, -0.2) is 28.6 Å². The van der Waals surface area contributed by atoms with Gasteiger partial charge in [-0.3, -0.25) is 14.5 Å². The molecule has 0 spiro atoms. The molecule has 4 rings (SSSR count). The van der Waals surface area contributed by atoms with Gasteiger partial charge in [0.25, 0.3) is 11.1 Å². The summed E-state index contributed by atoms with van der Waals surface area (Å²) in [6, 6.07) is 16.3. The summed E-state index contributed by atoms with van der Waals surface area (Å²) in [5, 5.41) is 0.671. The Bertz CT molecular complexity index is 1370. The van der Waals surface area contributed by atoms with Crippen LogP contribution in [0.3, 0.4) is 0 Å². The van der Waals surface area contributed by atoms with Crippen LogP contribution in [0, 0.1) is 0 Å². The smallest absolute Gasteiger partial charge is 0.343 e. The molecule has 3 aromatic rings. The van der Waals surface area contributed by atoms with Gasteiger partial charge in [-0.2, -0.15) is 0 Å². The Morgan fingerprint density at radius 1 is 1.00 bits per heavy atom. The van der Waals surface area contributed by atoms with Gasteiger partial charge in [-0.15, -0.1) is 0 Å². The summed E-state index contributed by atoms with van der Waals surface area (Å²) in [6.45, 7) is 2.17. The SMILES string of the molecule is CCOc1cc(/C=C2\SC(=O)N(Cc3ccc(Cl)cc3)C2=O)cc(Cl)c1OC(=O)c1cccc(Cl)c1. The Morgan fingerprint density at radius 3 is 2.44 bits per heavy atom. The first kappa shape index (κ1) is 26.1. The van der Waals surface area contributed by atoms with Crippen molar-refractivity contribution in [2.75, 3.05) is 6.61 Å². The van der Waals surface area contributed by atoms with Crippen molar-refractivity contribution < 1.29 is 23.9 Å². The van der Waals surface area contributed by atoms with Crippen LogP contribution in [0.5, 0.6) is 11.5 Å². The average molecular weight is 563 g/mol. The molecule has 0 N–H and O–H groups in total. The predicted molar refractivity (Wildman–Crippen MR) is 142 cm³/mol. The summed E-state index contributed by atoms with van der Waals surface area (Å²) in [7, 11) is 0. The van der Waals surface area contributed by atoms with E-state index in [1.165, 1.54) is 12.1 Å². The minimum absolute atomic E-state index is 0.0384. The summed E-state index contributed by atoms with van der Waals surface area (Å²) >= 11 is 19.1. The highest BCUT2D eigenvalue weighted by Gasteiger charge is 2.35. The molecule has 1 saturated heterocycles. The minimum atomic E-state index is -0.656. The molecule has 0 radical (unpaired) electrons. The molecule has 2 amide bonds. The number of benzene rings is 3. The van der Waals surface area contributed by atoms with E-state index in [1.807, 2.05) is 0 Å². The number of thioether (sulfide) groups is 1. The quantitative estimate of drug-likeness (QED) is 0.169. The molecular formula is C26H18Cl3NO5S. The van der Waals surface area contributed by atoms with Crippen LogP contribution in [0.1, 0.15) is 28.4 Å². The fraction of sp³-hybridized carbons (Fsp3) is 0.115. The Kier molecular flexibility index (Phi) is 8.26. The molecule has 3 aromatic carbocycles. The lowest BCUT2D eigenvalue weighted by atomic mass is 10.1. The first-order chi connectivity index (χ1) is 17.2. The highest BCUT2D eigenvalue weighted by molar-refractivity contribution is 8.18. The number of carbonyl (C=O) groups is 3. The minimum Gasteiger partial charge on any atom is -0.490 e. The van der Waals surface area contributed by atoms with Crippen molar-refractivity contribution in [3.8, 4) is 11.5 Å². The molecule has 0 aromatic heterocycles. The normalized spacial score (nSPS) is 14.4. The lowest BCUT2D eigenvalue weighted by molar-refractivity contribution is -0.123. The summed E-state index contributed by atoms with van der Waals surface area (Å²) in [6.07, 6.45) is 1.55. The predicted octanol–water partition coefficient (Wildman–Crippen LogP) is 7.50. The van der Waals surface area contributed by atoms with E-state index in [-0.39, 0.29) is 45.4 Å². The maximum atomic E-state index is 12.9. The molecule has 184 valence electrons. The monoisotopic (exact) mass is 561 g/mol. The van der Waals surface area contributed by atoms with Crippen LogP contribution in [0.15, 0.2) is 65.6 Å². The van der Waals surface area contributed by atoms with Crippen molar-refractivity contribution in [3.63, 3.8) is 0 Å². The molecule has 6 nitrogen and oxygen atoms in total. The van der Waals surface area contributed by atoms with Crippen LogP contribution < -0.4 is 9.47 Å². The van der Waals surface area contributed by atoms with Gasteiger partial charge in [0.1, 0.15) is 0 Å². The zero-order chi connectivity index (χ0) is 25.8. The summed E-state index contributed by atoms with van der Waals surface area (Å²) in [5.41, 5.74) is 1.53. The molecule has 0 unspecified atom stereocenters. The molecule has 10 heteroatoms. The second kappa shape index (κ2) is 11.4. The van der Waals surface area contributed by atoms with Crippen LogP contribution in [0.25, 0.3) is 6.08 Å². The second-order valence-corrected chi connectivity index (χ2v) is 9.83. The lowest BCUT2D eigenvalue weighted by Crippen LogP contribution is -2.27. The fourth-order valence-corrected chi connectivity index (χ4v) is 4.77. The first-order valence-corrected chi connectivity index (χ1v) is 12.6. The number of rotatable bonds is 7. The zero-order valence-corrected chi connectivity index (χ0v) is 21.9. The Morgan fingerprint density at radius 2 is 1.75 bits per heavy atom. The second-order valence-electron chi connectivity index (χ2n) is 7.56. The Hall–Kier alpha value is -2.97. The number of hydrogen-bond donors (Lipinski definition) is 0. The van der Waals surface area contributed by atoms with E-state index in [0.29, 0.717) is 15.6 Å². The number of ether oxygens (including phenoxy) is 2. The maximum absolute atomic E-state index is 12.9. The number of carbonyl (C=O) groups excluding carboxylic acids is 3. The number of hydrogen-bond acceptors (Lipinski definition) is 6. The van der Waals surface area contributed by atoms with Gasteiger partial charge >= 0.3 is 5.97 Å². The first-order valence-electron chi connectivity index (χ1n) is 10.7. The molecule has 0 saturated carbocycles. The number of esters is 1. The Balaban J connectivity index is 1.58. The van der Waals surface area contributed by atoms with E-state index >= 15 is 0 Å². The van der Waals surface area contributed by atoms with Gasteiger partial charge in [0.15, 0.2) is 11.5 Å². The van der Waals surface area contributed by atoms with Crippen LogP contribution in [0.4, 0.5) is 4.79 Å². The number of halogens is 3. The molecule has 36 heavy (non-hydrogen) atoms. The molecule has 1 fully saturated rings. The number of amides is 2. The van der Waals surface area contributed by atoms with E-state index < -0.39 is 11.9 Å². The maximum Gasteiger partial charge on any atom is 0.343 e. The molecular weight excluding hydrogens is 545 g/mol. The largest absolute Gasteiger partial charge is 0.490 e. The molecule has 0 bridgehead atoms. The molecule has 0 atom stereocenters. The van der Waals surface area contributed by atoms with Gasteiger partial charge in [0, 0.05) is 10.0 Å². The standard InChI is InChI=1S/C26H18Cl3NO5S/c1-2-34-21-11-16(10-20(29)23(21)35-25(32)17-4-3-5-19(28)13-17)12-22-24(31)30(26(33)36-22)14-15-6-8-18(27)9-7-15/h3-13H,2,14H2,1H3/b22-12-. The highest BCUT2D eigenvalue weighted by Crippen LogP contribution is 2.40. The van der Waals surface area contributed by atoms with E-state index in [1.54, 1.807) is 61.5 Å². The lowest BCUT2D eigenvalue weighted by Gasteiger charge is -2.14. The third-order valence-corrected chi connectivity index (χ3v) is 6.69. The molecule has 1 aliphatic heterocycles. The van der Waals surface area contributed by atoms with Crippen molar-refractivity contribution in [2.45, 2.75) is 13.5 Å². The van der Waals surface area contributed by atoms with Gasteiger partial charge in [-0.1, -0.05) is 53.0 Å². The van der Waals surface area contributed by atoms with E-state index in [4.69, 9.17) is 44.3 Å². The van der Waals surface area contributed by atoms with Gasteiger partial charge in [0.05, 0.1) is 28.6 Å². The van der Waals surface area contributed by atoms with Crippen molar-refractivity contribution >= 4 is 69.8 Å². The van der Waals surface area contributed by atoms with Crippen molar-refractivity contribution in [3.05, 3.63) is 97.3 Å².